The van der Waals surface area contributed by atoms with Crippen LogP contribution in [0.2, 0.25) is 5.02 Å². The van der Waals surface area contributed by atoms with Crippen molar-refractivity contribution < 1.29 is 19.2 Å². The first kappa shape index (κ1) is 14.7. The van der Waals surface area contributed by atoms with Crippen LogP contribution in [0.25, 0.3) is 0 Å². The normalized spacial score (nSPS) is 10.2. The number of pyridine rings is 1. The first-order chi connectivity index (χ1) is 9.86. The van der Waals surface area contributed by atoms with Crippen molar-refractivity contribution in [2.45, 2.75) is 0 Å². The number of carboxylic acids is 1. The second-order valence-electron chi connectivity index (χ2n) is 3.94. The molecule has 9 heteroatoms. The third-order valence-electron chi connectivity index (χ3n) is 2.44. The second kappa shape index (κ2) is 5.71. The predicted octanol–water partition coefficient (Wildman–Crippen LogP) is 3.22. The number of rotatable bonds is 4. The standard InChI is InChI=1S/C12H7ClFN3O4/c13-6-1-7(14)3-8(2-6)16-11-10(12(18)19)4-9(5-15-11)17(20)21/h1-5H,(H,15,16)(H,18,19). The maximum Gasteiger partial charge on any atom is 0.339 e. The molecule has 2 N–H and O–H groups in total. The molecular weight excluding hydrogens is 305 g/mol. The Bertz CT molecular complexity index is 718. The van der Waals surface area contributed by atoms with Crippen LogP contribution in [0.4, 0.5) is 21.6 Å². The van der Waals surface area contributed by atoms with Crippen LogP contribution in [0.5, 0.6) is 0 Å². The van der Waals surface area contributed by atoms with Gasteiger partial charge in [-0.15, -0.1) is 0 Å². The minimum atomic E-state index is -1.41. The first-order valence-corrected chi connectivity index (χ1v) is 5.85. The molecule has 2 rings (SSSR count). The molecule has 108 valence electrons. The van der Waals surface area contributed by atoms with E-state index in [0.29, 0.717) is 0 Å². The summed E-state index contributed by atoms with van der Waals surface area (Å²) in [4.78, 5) is 24.7. The number of aromatic carboxylic acids is 1. The van der Waals surface area contributed by atoms with Crippen molar-refractivity contribution >= 4 is 34.8 Å². The number of halogens is 2. The maximum absolute atomic E-state index is 13.2. The van der Waals surface area contributed by atoms with Crippen molar-refractivity contribution in [1.29, 1.82) is 0 Å². The van der Waals surface area contributed by atoms with Crippen molar-refractivity contribution in [2.24, 2.45) is 0 Å². The zero-order chi connectivity index (χ0) is 15.6. The second-order valence-corrected chi connectivity index (χ2v) is 4.37. The molecule has 7 nitrogen and oxygen atoms in total. The molecule has 0 fully saturated rings. The number of nitrogens with one attached hydrogen (secondary N) is 1. The molecule has 0 saturated carbocycles. The number of hydrogen-bond donors (Lipinski definition) is 2. The van der Waals surface area contributed by atoms with Crippen LogP contribution in [0, 0.1) is 15.9 Å². The van der Waals surface area contributed by atoms with Crippen molar-refractivity contribution in [1.82, 2.24) is 4.98 Å². The van der Waals surface area contributed by atoms with Gasteiger partial charge in [-0.05, 0) is 18.2 Å². The number of carbonyl (C=O) groups is 1. The van der Waals surface area contributed by atoms with E-state index in [1.807, 2.05) is 0 Å². The number of hydrogen-bond acceptors (Lipinski definition) is 5. The van der Waals surface area contributed by atoms with Gasteiger partial charge in [0.15, 0.2) is 0 Å². The van der Waals surface area contributed by atoms with Crippen LogP contribution in [0.1, 0.15) is 10.4 Å². The molecule has 0 unspecified atom stereocenters. The highest BCUT2D eigenvalue weighted by molar-refractivity contribution is 6.30. The lowest BCUT2D eigenvalue weighted by Crippen LogP contribution is -2.06. The Morgan fingerprint density at radius 3 is 2.67 bits per heavy atom. The Balaban J connectivity index is 2.43. The fraction of sp³-hybridized carbons (Fsp3) is 0. The number of carboxylic acid groups (broad SMARTS) is 1. The summed E-state index contributed by atoms with van der Waals surface area (Å²) >= 11 is 5.68. The summed E-state index contributed by atoms with van der Waals surface area (Å²) in [5.74, 6) is -2.19. The van der Waals surface area contributed by atoms with Crippen LogP contribution < -0.4 is 5.32 Å². The van der Waals surface area contributed by atoms with Crippen LogP contribution >= 0.6 is 11.6 Å². The molecule has 0 bridgehead atoms. The highest BCUT2D eigenvalue weighted by Crippen LogP contribution is 2.25. The van der Waals surface area contributed by atoms with Gasteiger partial charge in [0.2, 0.25) is 0 Å². The zero-order valence-corrected chi connectivity index (χ0v) is 11.0. The number of aromatic nitrogens is 1. The number of anilines is 2. The van der Waals surface area contributed by atoms with Gasteiger partial charge in [0.25, 0.3) is 5.69 Å². The Morgan fingerprint density at radius 1 is 1.38 bits per heavy atom. The summed E-state index contributed by atoms with van der Waals surface area (Å²) in [6, 6.07) is 4.38. The Morgan fingerprint density at radius 2 is 2.10 bits per heavy atom. The van der Waals surface area contributed by atoms with Crippen molar-refractivity contribution in [2.75, 3.05) is 5.32 Å². The lowest BCUT2D eigenvalue weighted by atomic mass is 10.2. The molecule has 1 aromatic heterocycles. The van der Waals surface area contributed by atoms with E-state index in [0.717, 1.165) is 24.4 Å². The van der Waals surface area contributed by atoms with E-state index in [4.69, 9.17) is 16.7 Å². The molecular formula is C12H7ClFN3O4. The van der Waals surface area contributed by atoms with Gasteiger partial charge in [-0.1, -0.05) is 11.6 Å². The third-order valence-corrected chi connectivity index (χ3v) is 2.66. The molecule has 0 atom stereocenters. The molecule has 2 aromatic rings. The third kappa shape index (κ3) is 3.42. The van der Waals surface area contributed by atoms with E-state index in [-0.39, 0.29) is 16.5 Å². The monoisotopic (exact) mass is 311 g/mol. The van der Waals surface area contributed by atoms with E-state index in [1.165, 1.54) is 6.07 Å². The first-order valence-electron chi connectivity index (χ1n) is 5.47. The number of benzene rings is 1. The molecule has 21 heavy (non-hydrogen) atoms. The highest BCUT2D eigenvalue weighted by atomic mass is 35.5. The Hall–Kier alpha value is -2.74. The SMILES string of the molecule is O=C(O)c1cc([N+](=O)[O-])cnc1Nc1cc(F)cc(Cl)c1. The summed E-state index contributed by atoms with van der Waals surface area (Å²) in [6.45, 7) is 0. The van der Waals surface area contributed by atoms with Gasteiger partial charge in [-0.2, -0.15) is 0 Å². The average Bonchev–Trinajstić information content (AvgIpc) is 2.37. The Kier molecular flexibility index (Phi) is 3.99. The molecule has 0 aliphatic carbocycles. The molecule has 0 spiro atoms. The number of nitro groups is 1. The fourth-order valence-electron chi connectivity index (χ4n) is 1.58. The van der Waals surface area contributed by atoms with E-state index >= 15 is 0 Å². The maximum atomic E-state index is 13.2. The molecule has 0 aliphatic heterocycles. The smallest absolute Gasteiger partial charge is 0.339 e. The molecule has 0 aliphatic rings. The van der Waals surface area contributed by atoms with E-state index in [1.54, 1.807) is 0 Å². The van der Waals surface area contributed by atoms with Crippen LogP contribution in [-0.2, 0) is 0 Å². The minimum Gasteiger partial charge on any atom is -0.478 e. The minimum absolute atomic E-state index is 0.108. The summed E-state index contributed by atoms with van der Waals surface area (Å²) in [5, 5.41) is 22.3. The molecule has 0 saturated heterocycles. The Labute approximate surface area is 122 Å². The molecule has 0 amide bonds. The summed E-state index contributed by atoms with van der Waals surface area (Å²) in [6.07, 6.45) is 0.898. The average molecular weight is 312 g/mol. The fourth-order valence-corrected chi connectivity index (χ4v) is 1.80. The summed E-state index contributed by atoms with van der Waals surface area (Å²) < 4.78 is 13.2. The van der Waals surface area contributed by atoms with Gasteiger partial charge in [0.05, 0.1) is 4.92 Å². The largest absolute Gasteiger partial charge is 0.478 e. The van der Waals surface area contributed by atoms with Gasteiger partial charge >= 0.3 is 5.97 Å². The van der Waals surface area contributed by atoms with Crippen molar-refractivity contribution in [3.05, 3.63) is 57.0 Å². The molecule has 1 heterocycles. The van der Waals surface area contributed by atoms with E-state index in [9.17, 15) is 19.3 Å². The van der Waals surface area contributed by atoms with Gasteiger partial charge in [0.1, 0.15) is 23.4 Å². The van der Waals surface area contributed by atoms with Crippen LogP contribution in [0.3, 0.4) is 0 Å². The zero-order valence-electron chi connectivity index (χ0n) is 10.2. The van der Waals surface area contributed by atoms with Crippen LogP contribution in [-0.4, -0.2) is 21.0 Å². The van der Waals surface area contributed by atoms with E-state index < -0.39 is 28.0 Å². The predicted molar refractivity (Wildman–Crippen MR) is 72.5 cm³/mol. The molecule has 1 aromatic carbocycles. The summed E-state index contributed by atoms with van der Waals surface area (Å²) in [5.41, 5.74) is -0.705. The lowest BCUT2D eigenvalue weighted by Gasteiger charge is -2.09. The quantitative estimate of drug-likeness (QED) is 0.663. The van der Waals surface area contributed by atoms with Gasteiger partial charge in [-0.3, -0.25) is 10.1 Å². The van der Waals surface area contributed by atoms with Gasteiger partial charge < -0.3 is 10.4 Å². The van der Waals surface area contributed by atoms with E-state index in [2.05, 4.69) is 10.3 Å². The summed E-state index contributed by atoms with van der Waals surface area (Å²) in [7, 11) is 0. The lowest BCUT2D eigenvalue weighted by molar-refractivity contribution is -0.385. The van der Waals surface area contributed by atoms with Crippen LogP contribution in [0.15, 0.2) is 30.5 Å². The highest BCUT2D eigenvalue weighted by Gasteiger charge is 2.18. The van der Waals surface area contributed by atoms with Crippen molar-refractivity contribution in [3.63, 3.8) is 0 Å². The topological polar surface area (TPSA) is 105 Å². The van der Waals surface area contributed by atoms with Crippen molar-refractivity contribution in [3.8, 4) is 0 Å². The molecule has 0 radical (unpaired) electrons. The van der Waals surface area contributed by atoms with Gasteiger partial charge in [0, 0.05) is 16.8 Å². The van der Waals surface area contributed by atoms with Gasteiger partial charge in [-0.25, -0.2) is 14.2 Å². The number of nitrogens with zero attached hydrogens (tertiary/aromatic N) is 2.